The molecule has 2 aromatic rings. The summed E-state index contributed by atoms with van der Waals surface area (Å²) in [6.45, 7) is 1.83. The van der Waals surface area contributed by atoms with Crippen molar-refractivity contribution in [2.75, 3.05) is 18.4 Å². The molecule has 3 nitrogen and oxygen atoms in total. The second kappa shape index (κ2) is 9.13. The van der Waals surface area contributed by atoms with E-state index >= 15 is 0 Å². The molecule has 1 fully saturated rings. The molecule has 0 aromatic heterocycles. The summed E-state index contributed by atoms with van der Waals surface area (Å²) in [5.41, 5.74) is 0.00209. The molecule has 1 N–H and O–H groups in total. The van der Waals surface area contributed by atoms with Gasteiger partial charge in [0.25, 0.3) is 0 Å². The number of hydrogen-bond donors (Lipinski definition) is 1. The number of nitrogens with zero attached hydrogens (tertiary/aromatic N) is 1. The van der Waals surface area contributed by atoms with E-state index in [0.717, 1.165) is 36.7 Å². The van der Waals surface area contributed by atoms with Crippen molar-refractivity contribution in [2.45, 2.75) is 25.6 Å². The van der Waals surface area contributed by atoms with Crippen LogP contribution in [0.15, 0.2) is 36.4 Å². The van der Waals surface area contributed by atoms with E-state index < -0.39 is 11.7 Å². The fourth-order valence-electron chi connectivity index (χ4n) is 3.34. The average molecular weight is 466 g/mol. The van der Waals surface area contributed by atoms with Gasteiger partial charge in [-0.3, -0.25) is 9.69 Å². The predicted molar refractivity (Wildman–Crippen MR) is 110 cm³/mol. The molecule has 0 saturated carbocycles. The van der Waals surface area contributed by atoms with Crippen LogP contribution in [-0.2, 0) is 17.5 Å². The van der Waals surface area contributed by atoms with Gasteiger partial charge in [-0.05, 0) is 55.3 Å². The van der Waals surface area contributed by atoms with Gasteiger partial charge >= 0.3 is 6.18 Å². The quantitative estimate of drug-likeness (QED) is 0.558. The SMILES string of the molecule is O=C(Nc1cc(C(F)(F)F)ccc1Cl)C1CCCN(Cc2ccc(Cl)cc2Cl)C1. The van der Waals surface area contributed by atoms with Crippen LogP contribution in [-0.4, -0.2) is 23.9 Å². The van der Waals surface area contributed by atoms with Gasteiger partial charge in [0, 0.05) is 23.1 Å². The van der Waals surface area contributed by atoms with Crippen molar-refractivity contribution in [3.63, 3.8) is 0 Å². The highest BCUT2D eigenvalue weighted by Gasteiger charge is 2.32. The molecule has 1 unspecified atom stereocenters. The minimum Gasteiger partial charge on any atom is -0.324 e. The summed E-state index contributed by atoms with van der Waals surface area (Å²) < 4.78 is 38.8. The first-order valence-corrected chi connectivity index (χ1v) is 10.1. The van der Waals surface area contributed by atoms with Gasteiger partial charge in [0.15, 0.2) is 0 Å². The van der Waals surface area contributed by atoms with Crippen LogP contribution in [0.5, 0.6) is 0 Å². The number of piperidine rings is 1. The number of carbonyl (C=O) groups excluding carboxylic acids is 1. The molecule has 1 atom stereocenters. The van der Waals surface area contributed by atoms with Crippen molar-refractivity contribution in [3.8, 4) is 0 Å². The third kappa shape index (κ3) is 5.79. The lowest BCUT2D eigenvalue weighted by Gasteiger charge is -2.32. The Hall–Kier alpha value is -1.47. The smallest absolute Gasteiger partial charge is 0.324 e. The summed E-state index contributed by atoms with van der Waals surface area (Å²) in [4.78, 5) is 14.8. The number of carbonyl (C=O) groups is 1. The molecule has 1 aliphatic rings. The Balaban J connectivity index is 1.67. The Morgan fingerprint density at radius 3 is 2.55 bits per heavy atom. The molecule has 0 radical (unpaired) electrons. The summed E-state index contributed by atoms with van der Waals surface area (Å²) in [6.07, 6.45) is -3.07. The number of alkyl halides is 3. The normalized spacial score (nSPS) is 17.9. The molecule has 1 saturated heterocycles. The van der Waals surface area contributed by atoms with Crippen LogP contribution in [0.1, 0.15) is 24.0 Å². The van der Waals surface area contributed by atoms with Crippen molar-refractivity contribution in [1.29, 1.82) is 0 Å². The summed E-state index contributed by atoms with van der Waals surface area (Å²) >= 11 is 18.1. The summed E-state index contributed by atoms with van der Waals surface area (Å²) in [5.74, 6) is -0.710. The van der Waals surface area contributed by atoms with Crippen LogP contribution < -0.4 is 5.32 Å². The minimum absolute atomic E-state index is 0.0376. The highest BCUT2D eigenvalue weighted by molar-refractivity contribution is 6.35. The van der Waals surface area contributed by atoms with Crippen molar-refractivity contribution in [2.24, 2.45) is 5.92 Å². The van der Waals surface area contributed by atoms with Gasteiger partial charge in [0.05, 0.1) is 22.2 Å². The monoisotopic (exact) mass is 464 g/mol. The number of amides is 1. The molecule has 3 rings (SSSR count). The lowest BCUT2D eigenvalue weighted by molar-refractivity contribution is -0.137. The maximum atomic E-state index is 12.9. The zero-order valence-electron chi connectivity index (χ0n) is 15.2. The maximum absolute atomic E-state index is 12.9. The van der Waals surface area contributed by atoms with Crippen LogP contribution in [0.2, 0.25) is 15.1 Å². The number of likely N-dealkylation sites (tertiary alicyclic amines) is 1. The molecule has 0 spiro atoms. The molecule has 0 bridgehead atoms. The van der Waals surface area contributed by atoms with Crippen molar-refractivity contribution >= 4 is 46.4 Å². The third-order valence-electron chi connectivity index (χ3n) is 4.84. The molecular formula is C20H18Cl3F3N2O. The molecule has 9 heteroatoms. The van der Waals surface area contributed by atoms with Gasteiger partial charge in [-0.15, -0.1) is 0 Å². The Morgan fingerprint density at radius 2 is 1.86 bits per heavy atom. The van der Waals surface area contributed by atoms with E-state index in [4.69, 9.17) is 34.8 Å². The second-order valence-electron chi connectivity index (χ2n) is 6.99. The van der Waals surface area contributed by atoms with E-state index in [-0.39, 0.29) is 22.5 Å². The molecule has 2 aromatic carbocycles. The van der Waals surface area contributed by atoms with Crippen molar-refractivity contribution in [1.82, 2.24) is 4.90 Å². The van der Waals surface area contributed by atoms with E-state index in [2.05, 4.69) is 10.2 Å². The largest absolute Gasteiger partial charge is 0.416 e. The standard InChI is InChI=1S/C20H18Cl3F3N2O/c21-15-5-3-12(17(23)9-15)10-28-7-1-2-13(11-28)19(29)27-18-8-14(20(24,25)26)4-6-16(18)22/h3-6,8-9,13H,1-2,7,10-11H2,(H,27,29). The summed E-state index contributed by atoms with van der Waals surface area (Å²) in [7, 11) is 0. The number of benzene rings is 2. The highest BCUT2D eigenvalue weighted by atomic mass is 35.5. The minimum atomic E-state index is -4.51. The number of anilines is 1. The van der Waals surface area contributed by atoms with E-state index in [1.807, 2.05) is 6.07 Å². The Morgan fingerprint density at radius 1 is 1.10 bits per heavy atom. The predicted octanol–water partition coefficient (Wildman–Crippen LogP) is 6.52. The van der Waals surface area contributed by atoms with Crippen LogP contribution in [0, 0.1) is 5.92 Å². The van der Waals surface area contributed by atoms with Crippen molar-refractivity contribution in [3.05, 3.63) is 62.6 Å². The zero-order valence-corrected chi connectivity index (χ0v) is 17.5. The second-order valence-corrected chi connectivity index (χ2v) is 8.24. The summed E-state index contributed by atoms with van der Waals surface area (Å²) in [5, 5.41) is 3.72. The molecule has 1 aliphatic heterocycles. The Bertz CT molecular complexity index is 905. The van der Waals surface area contributed by atoms with E-state index in [1.54, 1.807) is 12.1 Å². The highest BCUT2D eigenvalue weighted by Crippen LogP contribution is 2.34. The summed E-state index contributed by atoms with van der Waals surface area (Å²) in [6, 6.07) is 8.14. The van der Waals surface area contributed by atoms with Crippen LogP contribution in [0.25, 0.3) is 0 Å². The zero-order chi connectivity index (χ0) is 21.2. The van der Waals surface area contributed by atoms with E-state index in [9.17, 15) is 18.0 Å². The van der Waals surface area contributed by atoms with Gasteiger partial charge in [0.1, 0.15) is 0 Å². The average Bonchev–Trinajstić information content (AvgIpc) is 2.65. The van der Waals surface area contributed by atoms with Crippen molar-refractivity contribution < 1.29 is 18.0 Å². The molecule has 29 heavy (non-hydrogen) atoms. The fraction of sp³-hybridized carbons (Fsp3) is 0.350. The number of rotatable bonds is 4. The molecular weight excluding hydrogens is 448 g/mol. The van der Waals surface area contributed by atoms with E-state index in [1.165, 1.54) is 0 Å². The van der Waals surface area contributed by atoms with Gasteiger partial charge < -0.3 is 5.32 Å². The number of nitrogens with one attached hydrogen (secondary N) is 1. The topological polar surface area (TPSA) is 32.3 Å². The van der Waals surface area contributed by atoms with Gasteiger partial charge in [-0.1, -0.05) is 40.9 Å². The van der Waals surface area contributed by atoms with Gasteiger partial charge in [0.2, 0.25) is 5.91 Å². The lowest BCUT2D eigenvalue weighted by atomic mass is 9.96. The van der Waals surface area contributed by atoms with Crippen LogP contribution in [0.3, 0.4) is 0 Å². The fourth-order valence-corrected chi connectivity index (χ4v) is 3.97. The van der Waals surface area contributed by atoms with Crippen LogP contribution >= 0.6 is 34.8 Å². The number of halogens is 6. The number of hydrogen-bond acceptors (Lipinski definition) is 2. The molecule has 0 aliphatic carbocycles. The molecule has 156 valence electrons. The van der Waals surface area contributed by atoms with Crippen LogP contribution in [0.4, 0.5) is 18.9 Å². The first-order valence-electron chi connectivity index (χ1n) is 8.97. The van der Waals surface area contributed by atoms with Gasteiger partial charge in [-0.2, -0.15) is 13.2 Å². The van der Waals surface area contributed by atoms with Gasteiger partial charge in [-0.25, -0.2) is 0 Å². The third-order valence-corrected chi connectivity index (χ3v) is 5.75. The van der Waals surface area contributed by atoms with E-state index in [0.29, 0.717) is 29.6 Å². The molecule has 1 heterocycles. The molecule has 1 amide bonds. The lowest BCUT2D eigenvalue weighted by Crippen LogP contribution is -2.40. The Kier molecular flexibility index (Phi) is 6.99. The maximum Gasteiger partial charge on any atom is 0.416 e. The first kappa shape index (κ1) is 22.2. The first-order chi connectivity index (χ1) is 13.6. The Labute approximate surface area is 181 Å².